The van der Waals surface area contributed by atoms with Crippen molar-refractivity contribution in [2.24, 2.45) is 0 Å². The molecule has 0 spiro atoms. The van der Waals surface area contributed by atoms with E-state index >= 15 is 0 Å². The molecule has 9 heteroatoms. The first kappa shape index (κ1) is 18.6. The van der Waals surface area contributed by atoms with Crippen molar-refractivity contribution in [3.8, 4) is 0 Å². The molecular weight excluding hydrogens is 361 g/mol. The number of amides is 2. The lowest BCUT2D eigenvalue weighted by molar-refractivity contribution is -0.152. The average Bonchev–Trinajstić information content (AvgIpc) is 3.00. The number of sulfone groups is 1. The van der Waals surface area contributed by atoms with Crippen LogP contribution in [0.4, 0.5) is 10.1 Å². The van der Waals surface area contributed by atoms with Crippen LogP contribution in [0.15, 0.2) is 24.3 Å². The predicted octanol–water partition coefficient (Wildman–Crippen LogP) is 0.120. The molecule has 1 unspecified atom stereocenters. The van der Waals surface area contributed by atoms with Gasteiger partial charge in [-0.1, -0.05) is 0 Å². The number of hydrogen-bond acceptors (Lipinski definition) is 5. The number of halogens is 1. The summed E-state index contributed by atoms with van der Waals surface area (Å²) in [5, 5.41) is 0. The van der Waals surface area contributed by atoms with E-state index in [9.17, 15) is 22.4 Å². The van der Waals surface area contributed by atoms with Gasteiger partial charge in [0.15, 0.2) is 9.84 Å². The van der Waals surface area contributed by atoms with Crippen LogP contribution in [0.3, 0.4) is 0 Å². The number of carbonyl (C=O) groups is 2. The molecule has 1 aromatic carbocycles. The zero-order valence-corrected chi connectivity index (χ0v) is 15.4. The fraction of sp³-hybridized carbons (Fsp3) is 0.529. The maximum Gasteiger partial charge on any atom is 0.312 e. The Morgan fingerprint density at radius 1 is 1.12 bits per heavy atom. The SMILES string of the molecule is CN(C(=O)C(=O)N1CCN(c2ccc(F)cc2)CC1)C1CCS(=O)(=O)C1. The van der Waals surface area contributed by atoms with E-state index in [4.69, 9.17) is 0 Å². The molecule has 142 valence electrons. The van der Waals surface area contributed by atoms with Crippen molar-refractivity contribution in [1.29, 1.82) is 0 Å². The first-order valence-electron chi connectivity index (χ1n) is 8.54. The molecule has 1 atom stereocenters. The summed E-state index contributed by atoms with van der Waals surface area (Å²) in [4.78, 5) is 29.7. The predicted molar refractivity (Wildman–Crippen MR) is 95.0 cm³/mol. The molecule has 7 nitrogen and oxygen atoms in total. The third-order valence-electron chi connectivity index (χ3n) is 5.02. The molecule has 2 aliphatic heterocycles. The Labute approximate surface area is 152 Å². The molecule has 2 heterocycles. The summed E-state index contributed by atoms with van der Waals surface area (Å²) >= 11 is 0. The molecule has 26 heavy (non-hydrogen) atoms. The number of nitrogens with zero attached hydrogens (tertiary/aromatic N) is 3. The van der Waals surface area contributed by atoms with Crippen LogP contribution in [-0.4, -0.2) is 80.8 Å². The van der Waals surface area contributed by atoms with Gasteiger partial charge in [-0.3, -0.25) is 9.59 Å². The van der Waals surface area contributed by atoms with E-state index in [1.54, 1.807) is 12.1 Å². The van der Waals surface area contributed by atoms with Gasteiger partial charge in [0.1, 0.15) is 5.82 Å². The normalized spacial score (nSPS) is 22.3. The molecule has 2 amide bonds. The van der Waals surface area contributed by atoms with Crippen molar-refractivity contribution in [2.75, 3.05) is 49.6 Å². The highest BCUT2D eigenvalue weighted by atomic mass is 32.2. The molecule has 0 radical (unpaired) electrons. The average molecular weight is 383 g/mol. The largest absolute Gasteiger partial charge is 0.368 e. The molecule has 0 saturated carbocycles. The molecule has 0 N–H and O–H groups in total. The Kier molecular flexibility index (Phi) is 5.17. The van der Waals surface area contributed by atoms with Gasteiger partial charge in [0, 0.05) is 45.0 Å². The Bertz CT molecular complexity index is 789. The van der Waals surface area contributed by atoms with Crippen LogP contribution in [-0.2, 0) is 19.4 Å². The van der Waals surface area contributed by atoms with Crippen LogP contribution in [0.5, 0.6) is 0 Å². The smallest absolute Gasteiger partial charge is 0.312 e. The maximum atomic E-state index is 13.0. The molecule has 0 aliphatic carbocycles. The van der Waals surface area contributed by atoms with E-state index < -0.39 is 27.7 Å². The number of benzene rings is 1. The molecule has 0 aromatic heterocycles. The van der Waals surface area contributed by atoms with Crippen molar-refractivity contribution in [2.45, 2.75) is 12.5 Å². The lowest BCUT2D eigenvalue weighted by Gasteiger charge is -2.36. The van der Waals surface area contributed by atoms with Crippen LogP contribution < -0.4 is 4.90 Å². The van der Waals surface area contributed by atoms with Crippen molar-refractivity contribution in [1.82, 2.24) is 9.80 Å². The summed E-state index contributed by atoms with van der Waals surface area (Å²) in [6, 6.07) is 5.72. The van der Waals surface area contributed by atoms with E-state index in [1.165, 1.54) is 29.0 Å². The van der Waals surface area contributed by atoms with Gasteiger partial charge in [0.05, 0.1) is 11.5 Å². The van der Waals surface area contributed by atoms with Gasteiger partial charge in [-0.05, 0) is 30.7 Å². The van der Waals surface area contributed by atoms with Gasteiger partial charge in [-0.25, -0.2) is 12.8 Å². The van der Waals surface area contributed by atoms with Gasteiger partial charge in [0.2, 0.25) is 0 Å². The number of rotatable bonds is 2. The summed E-state index contributed by atoms with van der Waals surface area (Å²) in [5.41, 5.74) is 0.873. The number of hydrogen-bond donors (Lipinski definition) is 0. The van der Waals surface area contributed by atoms with E-state index in [0.717, 1.165) is 5.69 Å². The fourth-order valence-electron chi connectivity index (χ4n) is 3.35. The molecule has 3 rings (SSSR count). The van der Waals surface area contributed by atoms with E-state index in [-0.39, 0.29) is 17.3 Å². The summed E-state index contributed by atoms with van der Waals surface area (Å²) in [7, 11) is -1.63. The Balaban J connectivity index is 1.56. The van der Waals surface area contributed by atoms with Crippen LogP contribution >= 0.6 is 0 Å². The zero-order valence-electron chi connectivity index (χ0n) is 14.6. The lowest BCUT2D eigenvalue weighted by atomic mass is 10.2. The van der Waals surface area contributed by atoms with Gasteiger partial charge in [0.25, 0.3) is 0 Å². The Hall–Kier alpha value is -2.16. The lowest BCUT2D eigenvalue weighted by Crippen LogP contribution is -2.54. The van der Waals surface area contributed by atoms with Crippen molar-refractivity contribution in [3.05, 3.63) is 30.1 Å². The summed E-state index contributed by atoms with van der Waals surface area (Å²) in [6.07, 6.45) is 0.371. The van der Waals surface area contributed by atoms with Gasteiger partial charge in [-0.15, -0.1) is 0 Å². The van der Waals surface area contributed by atoms with Gasteiger partial charge in [-0.2, -0.15) is 0 Å². The molecule has 2 saturated heterocycles. The van der Waals surface area contributed by atoms with Crippen LogP contribution in [0.1, 0.15) is 6.42 Å². The fourth-order valence-corrected chi connectivity index (χ4v) is 5.13. The van der Waals surface area contributed by atoms with Crippen molar-refractivity contribution in [3.63, 3.8) is 0 Å². The number of likely N-dealkylation sites (N-methyl/N-ethyl adjacent to an activating group) is 1. The zero-order chi connectivity index (χ0) is 18.9. The standard InChI is InChI=1S/C17H22FN3O4S/c1-19(15-6-11-26(24,25)12-15)16(22)17(23)21-9-7-20(8-10-21)14-4-2-13(18)3-5-14/h2-5,15H,6-12H2,1H3. The van der Waals surface area contributed by atoms with E-state index in [0.29, 0.717) is 32.6 Å². The van der Waals surface area contributed by atoms with Crippen molar-refractivity contribution >= 4 is 27.3 Å². The molecular formula is C17H22FN3O4S. The topological polar surface area (TPSA) is 78.0 Å². The highest BCUT2D eigenvalue weighted by Gasteiger charge is 2.36. The summed E-state index contributed by atoms with van der Waals surface area (Å²) in [6.45, 7) is 1.87. The molecule has 1 aromatic rings. The number of carbonyl (C=O) groups excluding carboxylic acids is 2. The Morgan fingerprint density at radius 2 is 1.73 bits per heavy atom. The van der Waals surface area contributed by atoms with Crippen LogP contribution in [0.2, 0.25) is 0 Å². The summed E-state index contributed by atoms with van der Waals surface area (Å²) < 4.78 is 36.1. The monoisotopic (exact) mass is 383 g/mol. The van der Waals surface area contributed by atoms with Crippen LogP contribution in [0.25, 0.3) is 0 Å². The highest BCUT2D eigenvalue weighted by molar-refractivity contribution is 7.91. The quantitative estimate of drug-likeness (QED) is 0.678. The second-order valence-corrected chi connectivity index (χ2v) is 8.96. The first-order valence-corrected chi connectivity index (χ1v) is 10.4. The highest BCUT2D eigenvalue weighted by Crippen LogP contribution is 2.19. The second-order valence-electron chi connectivity index (χ2n) is 6.73. The Morgan fingerprint density at radius 3 is 2.27 bits per heavy atom. The first-order chi connectivity index (χ1) is 12.3. The van der Waals surface area contributed by atoms with Crippen LogP contribution in [0, 0.1) is 5.82 Å². The third kappa shape index (κ3) is 3.98. The third-order valence-corrected chi connectivity index (χ3v) is 6.77. The van der Waals surface area contributed by atoms with Crippen molar-refractivity contribution < 1.29 is 22.4 Å². The molecule has 2 aliphatic rings. The summed E-state index contributed by atoms with van der Waals surface area (Å²) in [5.74, 6) is -1.59. The minimum atomic E-state index is -3.12. The van der Waals surface area contributed by atoms with E-state index in [1.807, 2.05) is 4.90 Å². The molecule has 2 fully saturated rings. The second kappa shape index (κ2) is 7.22. The van der Waals surface area contributed by atoms with E-state index in [2.05, 4.69) is 0 Å². The number of piperazine rings is 1. The minimum Gasteiger partial charge on any atom is -0.368 e. The molecule has 0 bridgehead atoms. The van der Waals surface area contributed by atoms with Gasteiger partial charge < -0.3 is 14.7 Å². The maximum absolute atomic E-state index is 13.0. The minimum absolute atomic E-state index is 0.0554. The number of anilines is 1. The van der Waals surface area contributed by atoms with Gasteiger partial charge >= 0.3 is 11.8 Å².